The number of benzene rings is 1. The summed E-state index contributed by atoms with van der Waals surface area (Å²) in [5.74, 6) is 0. The van der Waals surface area contributed by atoms with Crippen molar-refractivity contribution in [2.45, 2.75) is 6.10 Å². The van der Waals surface area contributed by atoms with Crippen LogP contribution in [0.4, 0.5) is 16.5 Å². The molecule has 3 aromatic rings. The summed E-state index contributed by atoms with van der Waals surface area (Å²) in [5.41, 5.74) is 3.50. The van der Waals surface area contributed by atoms with Gasteiger partial charge in [-0.3, -0.25) is 4.98 Å². The van der Waals surface area contributed by atoms with Crippen molar-refractivity contribution in [3.63, 3.8) is 0 Å². The van der Waals surface area contributed by atoms with Crippen LogP contribution in [0, 0.1) is 0 Å². The zero-order chi connectivity index (χ0) is 16.8. The lowest BCUT2D eigenvalue weighted by Crippen LogP contribution is -2.22. The third-order valence-electron chi connectivity index (χ3n) is 3.32. The van der Waals surface area contributed by atoms with Crippen LogP contribution in [0.1, 0.15) is 0 Å². The zero-order valence-electron chi connectivity index (χ0n) is 12.9. The van der Waals surface area contributed by atoms with Crippen molar-refractivity contribution >= 4 is 27.8 Å². The summed E-state index contributed by atoms with van der Waals surface area (Å²) in [5, 5.41) is 27.2. The lowest BCUT2D eigenvalue weighted by atomic mass is 10.2. The van der Waals surface area contributed by atoms with Gasteiger partial charge in [-0.05, 0) is 36.4 Å². The Hall–Kier alpha value is -2.48. The third-order valence-corrected chi connectivity index (χ3v) is 4.08. The minimum absolute atomic E-state index is 0.255. The van der Waals surface area contributed by atoms with Crippen molar-refractivity contribution in [1.29, 1.82) is 0 Å². The molecule has 0 radical (unpaired) electrons. The Morgan fingerprint density at radius 3 is 2.54 bits per heavy atom. The van der Waals surface area contributed by atoms with Gasteiger partial charge in [-0.2, -0.15) is 0 Å². The second-order valence-corrected chi connectivity index (χ2v) is 6.03. The molecule has 24 heavy (non-hydrogen) atoms. The van der Waals surface area contributed by atoms with Gasteiger partial charge in [-0.25, -0.2) is 4.98 Å². The van der Waals surface area contributed by atoms with Gasteiger partial charge in [-0.15, -0.1) is 11.3 Å². The van der Waals surface area contributed by atoms with Crippen LogP contribution in [0.25, 0.3) is 11.4 Å². The minimum Gasteiger partial charge on any atom is -0.394 e. The van der Waals surface area contributed by atoms with Gasteiger partial charge >= 0.3 is 0 Å². The SMILES string of the molecule is OCC(O)CNc1ccc(Nc2nc(-c3ccccn3)cs2)cc1. The van der Waals surface area contributed by atoms with Gasteiger partial charge in [-0.1, -0.05) is 6.07 Å². The van der Waals surface area contributed by atoms with Crippen LogP contribution in [-0.2, 0) is 0 Å². The van der Waals surface area contributed by atoms with E-state index in [9.17, 15) is 5.11 Å². The molecule has 0 fully saturated rings. The van der Waals surface area contributed by atoms with E-state index in [1.807, 2.05) is 47.8 Å². The van der Waals surface area contributed by atoms with Crippen molar-refractivity contribution in [1.82, 2.24) is 9.97 Å². The first-order chi connectivity index (χ1) is 11.7. The summed E-state index contributed by atoms with van der Waals surface area (Å²) in [6, 6.07) is 13.4. The fourth-order valence-corrected chi connectivity index (χ4v) is 2.78. The first-order valence-corrected chi connectivity index (χ1v) is 8.39. The molecule has 0 saturated heterocycles. The Morgan fingerprint density at radius 2 is 1.83 bits per heavy atom. The minimum atomic E-state index is -0.761. The number of aliphatic hydroxyl groups is 2. The van der Waals surface area contributed by atoms with Gasteiger partial charge < -0.3 is 20.8 Å². The van der Waals surface area contributed by atoms with E-state index in [1.165, 1.54) is 11.3 Å². The summed E-state index contributed by atoms with van der Waals surface area (Å²) in [6.07, 6.45) is 0.990. The summed E-state index contributed by atoms with van der Waals surface area (Å²) in [6.45, 7) is 0.0540. The quantitative estimate of drug-likeness (QED) is 0.528. The molecule has 0 aliphatic heterocycles. The fraction of sp³-hybridized carbons (Fsp3) is 0.176. The van der Waals surface area contributed by atoms with E-state index in [2.05, 4.69) is 20.6 Å². The number of hydrogen-bond donors (Lipinski definition) is 4. The monoisotopic (exact) mass is 342 g/mol. The van der Waals surface area contributed by atoms with Crippen molar-refractivity contribution in [3.8, 4) is 11.4 Å². The van der Waals surface area contributed by atoms with Gasteiger partial charge in [0.25, 0.3) is 0 Å². The average molecular weight is 342 g/mol. The Bertz CT molecular complexity index is 762. The van der Waals surface area contributed by atoms with E-state index < -0.39 is 6.10 Å². The molecule has 2 heterocycles. The standard InChI is InChI=1S/C17H18N4O2S/c22-10-14(23)9-19-12-4-6-13(7-5-12)20-17-21-16(11-24-17)15-3-1-2-8-18-15/h1-8,11,14,19,22-23H,9-10H2,(H,20,21). The number of aliphatic hydroxyl groups excluding tert-OH is 2. The van der Waals surface area contributed by atoms with Crippen LogP contribution < -0.4 is 10.6 Å². The van der Waals surface area contributed by atoms with Crippen LogP contribution in [-0.4, -0.2) is 39.4 Å². The molecular weight excluding hydrogens is 324 g/mol. The number of nitrogens with zero attached hydrogens (tertiary/aromatic N) is 2. The van der Waals surface area contributed by atoms with Crippen molar-refractivity contribution in [2.24, 2.45) is 0 Å². The molecule has 1 atom stereocenters. The molecule has 124 valence electrons. The highest BCUT2D eigenvalue weighted by Gasteiger charge is 2.06. The van der Waals surface area contributed by atoms with Crippen LogP contribution in [0.15, 0.2) is 54.0 Å². The van der Waals surface area contributed by atoms with E-state index in [4.69, 9.17) is 5.11 Å². The molecule has 7 heteroatoms. The van der Waals surface area contributed by atoms with Gasteiger partial charge in [0, 0.05) is 29.5 Å². The molecule has 2 aromatic heterocycles. The smallest absolute Gasteiger partial charge is 0.187 e. The van der Waals surface area contributed by atoms with Crippen molar-refractivity contribution < 1.29 is 10.2 Å². The predicted octanol–water partition coefficient (Wildman–Crippen LogP) is 2.71. The van der Waals surface area contributed by atoms with Crippen LogP contribution in [0.3, 0.4) is 0 Å². The normalized spacial score (nSPS) is 11.9. The number of anilines is 3. The highest BCUT2D eigenvalue weighted by Crippen LogP contribution is 2.26. The summed E-state index contributed by atoms with van der Waals surface area (Å²) in [4.78, 5) is 8.83. The van der Waals surface area contributed by atoms with Crippen LogP contribution in [0.2, 0.25) is 0 Å². The maximum atomic E-state index is 9.33. The van der Waals surface area contributed by atoms with E-state index in [0.717, 1.165) is 27.9 Å². The van der Waals surface area contributed by atoms with E-state index >= 15 is 0 Å². The number of rotatable bonds is 7. The highest BCUT2D eigenvalue weighted by molar-refractivity contribution is 7.14. The second-order valence-electron chi connectivity index (χ2n) is 5.17. The van der Waals surface area contributed by atoms with E-state index in [0.29, 0.717) is 6.54 Å². The molecule has 1 aromatic carbocycles. The lowest BCUT2D eigenvalue weighted by Gasteiger charge is -2.10. The largest absolute Gasteiger partial charge is 0.394 e. The predicted molar refractivity (Wildman–Crippen MR) is 96.7 cm³/mol. The van der Waals surface area contributed by atoms with Gasteiger partial charge in [0.2, 0.25) is 0 Å². The maximum Gasteiger partial charge on any atom is 0.187 e. The van der Waals surface area contributed by atoms with E-state index in [-0.39, 0.29) is 6.61 Å². The van der Waals surface area contributed by atoms with Gasteiger partial charge in [0.1, 0.15) is 5.69 Å². The zero-order valence-corrected chi connectivity index (χ0v) is 13.7. The Morgan fingerprint density at radius 1 is 1.04 bits per heavy atom. The molecular formula is C17H18N4O2S. The van der Waals surface area contributed by atoms with Crippen molar-refractivity contribution in [3.05, 3.63) is 54.0 Å². The van der Waals surface area contributed by atoms with Gasteiger partial charge in [0.05, 0.1) is 18.4 Å². The third kappa shape index (κ3) is 4.29. The summed E-state index contributed by atoms with van der Waals surface area (Å²) >= 11 is 1.52. The Balaban J connectivity index is 1.61. The van der Waals surface area contributed by atoms with Crippen LogP contribution in [0.5, 0.6) is 0 Å². The van der Waals surface area contributed by atoms with Crippen molar-refractivity contribution in [2.75, 3.05) is 23.8 Å². The topological polar surface area (TPSA) is 90.3 Å². The molecule has 0 amide bonds. The second kappa shape index (κ2) is 7.87. The first-order valence-electron chi connectivity index (χ1n) is 7.51. The average Bonchev–Trinajstić information content (AvgIpc) is 3.10. The molecule has 0 bridgehead atoms. The number of nitrogens with one attached hydrogen (secondary N) is 2. The molecule has 0 aliphatic rings. The van der Waals surface area contributed by atoms with Crippen LogP contribution >= 0.6 is 11.3 Å². The maximum absolute atomic E-state index is 9.33. The molecule has 3 rings (SSSR count). The Kier molecular flexibility index (Phi) is 5.37. The van der Waals surface area contributed by atoms with E-state index in [1.54, 1.807) is 6.20 Å². The van der Waals surface area contributed by atoms with Gasteiger partial charge in [0.15, 0.2) is 5.13 Å². The number of aromatic nitrogens is 2. The molecule has 0 saturated carbocycles. The summed E-state index contributed by atoms with van der Waals surface area (Å²) in [7, 11) is 0. The molecule has 0 spiro atoms. The lowest BCUT2D eigenvalue weighted by molar-refractivity contribution is 0.105. The summed E-state index contributed by atoms with van der Waals surface area (Å²) < 4.78 is 0. The highest BCUT2D eigenvalue weighted by atomic mass is 32.1. The number of thiazole rings is 1. The molecule has 6 nitrogen and oxygen atoms in total. The molecule has 1 unspecified atom stereocenters. The number of pyridine rings is 1. The Labute approximate surface area is 143 Å². The number of hydrogen-bond acceptors (Lipinski definition) is 7. The fourth-order valence-electron chi connectivity index (χ4n) is 2.06. The molecule has 0 aliphatic carbocycles. The molecule has 4 N–H and O–H groups in total. The first kappa shape index (κ1) is 16.4.